The van der Waals surface area contributed by atoms with Crippen LogP contribution in [0.1, 0.15) is 5.56 Å². The van der Waals surface area contributed by atoms with Gasteiger partial charge in [0, 0.05) is 0 Å². The number of rotatable bonds is 2. The minimum Gasteiger partial charge on any atom is -0.300 e. The Labute approximate surface area is 166 Å². The lowest BCUT2D eigenvalue weighted by atomic mass is 10.0. The summed E-state index contributed by atoms with van der Waals surface area (Å²) in [6.45, 7) is 0. The molecule has 0 spiro atoms. The molecule has 1 saturated heterocycles. The summed E-state index contributed by atoms with van der Waals surface area (Å²) in [5.41, 5.74) is 1.86. The molecule has 4 heteroatoms. The van der Waals surface area contributed by atoms with Gasteiger partial charge in [-0.05, 0) is 57.1 Å². The average Bonchev–Trinajstić information content (AvgIpc) is 3.07. The van der Waals surface area contributed by atoms with Crippen molar-refractivity contribution in [2.45, 2.75) is 0 Å². The lowest BCUT2D eigenvalue weighted by Crippen LogP contribution is -2.19. The minimum absolute atomic E-state index is 0.113. The van der Waals surface area contributed by atoms with Crippen LogP contribution < -0.4 is 5.32 Å². The first kappa shape index (κ1) is 16.8. The van der Waals surface area contributed by atoms with E-state index in [-0.39, 0.29) is 5.91 Å². The normalized spacial score (nSPS) is 16.9. The largest absolute Gasteiger partial charge is 0.300 e. The number of hydrogen-bond donors (Lipinski definition) is 1. The Balaban J connectivity index is 1.47. The number of benzene rings is 4. The van der Waals surface area contributed by atoms with Crippen LogP contribution in [0.3, 0.4) is 0 Å². The average molecular weight is 380 g/mol. The molecule has 0 radical (unpaired) electrons. The van der Waals surface area contributed by atoms with Gasteiger partial charge >= 0.3 is 0 Å². The number of hydrogen-bond acceptors (Lipinski definition) is 3. The van der Waals surface area contributed by atoms with E-state index in [2.05, 4.69) is 40.6 Å². The van der Waals surface area contributed by atoms with Crippen molar-refractivity contribution in [1.29, 1.82) is 0 Å². The Kier molecular flexibility index (Phi) is 4.18. The number of nitrogens with one attached hydrogen (secondary N) is 1. The van der Waals surface area contributed by atoms with E-state index in [9.17, 15) is 4.79 Å². The van der Waals surface area contributed by atoms with Crippen LogP contribution in [0.25, 0.3) is 27.6 Å². The molecule has 1 N–H and O–H groups in total. The summed E-state index contributed by atoms with van der Waals surface area (Å²) in [5.74, 6) is -0.113. The van der Waals surface area contributed by atoms with Gasteiger partial charge in [-0.1, -0.05) is 72.8 Å². The highest BCUT2D eigenvalue weighted by Crippen LogP contribution is 2.30. The first-order valence-electron chi connectivity index (χ1n) is 9.02. The van der Waals surface area contributed by atoms with Crippen LogP contribution >= 0.6 is 11.8 Å². The number of carbonyl (C=O) groups excluding carboxylic acids is 1. The second kappa shape index (κ2) is 6.98. The number of thioether (sulfide) groups is 1. The molecule has 0 bridgehead atoms. The third kappa shape index (κ3) is 3.19. The fraction of sp³-hybridized carbons (Fsp3) is 0. The first-order valence-corrected chi connectivity index (χ1v) is 9.84. The molecule has 5 rings (SSSR count). The molecule has 0 aromatic heterocycles. The SMILES string of the molecule is O=C1NC(=Nc2ccc3ccccc3c2)SC1=Cc1cccc2ccccc12. The molecule has 1 amide bonds. The quantitative estimate of drug-likeness (QED) is 0.441. The van der Waals surface area contributed by atoms with Crippen LogP contribution in [0, 0.1) is 0 Å². The van der Waals surface area contributed by atoms with Crippen LogP contribution in [-0.2, 0) is 4.79 Å². The van der Waals surface area contributed by atoms with Crippen LogP contribution in [0.15, 0.2) is 94.8 Å². The van der Waals surface area contributed by atoms with Crippen molar-refractivity contribution in [3.05, 3.63) is 95.4 Å². The van der Waals surface area contributed by atoms with Gasteiger partial charge in [-0.2, -0.15) is 0 Å². The highest BCUT2D eigenvalue weighted by molar-refractivity contribution is 8.18. The number of carbonyl (C=O) groups is 1. The van der Waals surface area contributed by atoms with E-state index in [1.807, 2.05) is 60.7 Å². The molecule has 3 nitrogen and oxygen atoms in total. The monoisotopic (exact) mass is 380 g/mol. The standard InChI is InChI=1S/C24H16N2OS/c27-23-22(15-19-10-5-9-17-7-3-4-11-21(17)19)28-24(26-23)25-20-13-12-16-6-1-2-8-18(16)14-20/h1-15H,(H,25,26,27). The molecular formula is C24H16N2OS. The fourth-order valence-corrected chi connectivity index (χ4v) is 4.19. The smallest absolute Gasteiger partial charge is 0.264 e. The molecule has 0 saturated carbocycles. The van der Waals surface area contributed by atoms with Crippen molar-refractivity contribution in [3.63, 3.8) is 0 Å². The maximum atomic E-state index is 12.4. The third-order valence-corrected chi connectivity index (χ3v) is 5.63. The van der Waals surface area contributed by atoms with Gasteiger partial charge in [0.05, 0.1) is 10.6 Å². The molecule has 1 heterocycles. The molecule has 1 fully saturated rings. The van der Waals surface area contributed by atoms with Crippen LogP contribution in [0.4, 0.5) is 5.69 Å². The predicted octanol–water partition coefficient (Wildman–Crippen LogP) is 5.88. The number of amides is 1. The Morgan fingerprint density at radius 3 is 2.43 bits per heavy atom. The van der Waals surface area contributed by atoms with Gasteiger partial charge in [0.15, 0.2) is 5.17 Å². The topological polar surface area (TPSA) is 41.5 Å². The molecular weight excluding hydrogens is 364 g/mol. The van der Waals surface area contributed by atoms with Crippen LogP contribution in [0.5, 0.6) is 0 Å². The van der Waals surface area contributed by atoms with E-state index in [0.717, 1.165) is 27.4 Å². The summed E-state index contributed by atoms with van der Waals surface area (Å²) < 4.78 is 0. The van der Waals surface area contributed by atoms with Crippen LogP contribution in [0.2, 0.25) is 0 Å². The zero-order valence-electron chi connectivity index (χ0n) is 14.9. The van der Waals surface area contributed by atoms with E-state index in [1.54, 1.807) is 0 Å². The van der Waals surface area contributed by atoms with Gasteiger partial charge in [-0.15, -0.1) is 0 Å². The molecule has 28 heavy (non-hydrogen) atoms. The van der Waals surface area contributed by atoms with Gasteiger partial charge in [0.2, 0.25) is 0 Å². The Bertz CT molecular complexity index is 1280. The lowest BCUT2D eigenvalue weighted by Gasteiger charge is -2.02. The zero-order chi connectivity index (χ0) is 18.9. The van der Waals surface area contributed by atoms with Crippen LogP contribution in [-0.4, -0.2) is 11.1 Å². The summed E-state index contributed by atoms with van der Waals surface area (Å²) in [4.78, 5) is 17.7. The Morgan fingerprint density at radius 1 is 0.786 bits per heavy atom. The Morgan fingerprint density at radius 2 is 1.54 bits per heavy atom. The second-order valence-corrected chi connectivity index (χ2v) is 7.61. The molecule has 0 atom stereocenters. The van der Waals surface area contributed by atoms with Crippen molar-refractivity contribution in [3.8, 4) is 0 Å². The van der Waals surface area contributed by atoms with Gasteiger partial charge in [-0.25, -0.2) is 4.99 Å². The summed E-state index contributed by atoms with van der Waals surface area (Å²) in [6, 6.07) is 28.5. The Hall–Kier alpha value is -3.37. The molecule has 4 aromatic rings. The molecule has 1 aliphatic heterocycles. The summed E-state index contributed by atoms with van der Waals surface area (Å²) in [6.07, 6.45) is 1.94. The number of aliphatic imine (C=N–C) groups is 1. The van der Waals surface area contributed by atoms with Crippen molar-refractivity contribution in [1.82, 2.24) is 5.32 Å². The van der Waals surface area contributed by atoms with Gasteiger partial charge in [-0.3, -0.25) is 4.79 Å². The second-order valence-electron chi connectivity index (χ2n) is 6.58. The first-order chi connectivity index (χ1) is 13.8. The van der Waals surface area contributed by atoms with Crippen molar-refractivity contribution in [2.75, 3.05) is 0 Å². The fourth-order valence-electron chi connectivity index (χ4n) is 3.36. The minimum atomic E-state index is -0.113. The summed E-state index contributed by atoms with van der Waals surface area (Å²) in [5, 5.41) is 8.07. The van der Waals surface area contributed by atoms with Crippen molar-refractivity contribution >= 4 is 56.1 Å². The van der Waals surface area contributed by atoms with E-state index in [1.165, 1.54) is 17.1 Å². The molecule has 0 aliphatic carbocycles. The van der Waals surface area contributed by atoms with Gasteiger partial charge < -0.3 is 5.32 Å². The molecule has 0 unspecified atom stereocenters. The molecule has 1 aliphatic rings. The van der Waals surface area contributed by atoms with Crippen molar-refractivity contribution in [2.24, 2.45) is 4.99 Å². The maximum Gasteiger partial charge on any atom is 0.264 e. The van der Waals surface area contributed by atoms with Gasteiger partial charge in [0.1, 0.15) is 0 Å². The van der Waals surface area contributed by atoms with E-state index in [4.69, 9.17) is 0 Å². The summed E-state index contributed by atoms with van der Waals surface area (Å²) in [7, 11) is 0. The maximum absolute atomic E-state index is 12.4. The highest BCUT2D eigenvalue weighted by Gasteiger charge is 2.24. The van der Waals surface area contributed by atoms with E-state index >= 15 is 0 Å². The number of fused-ring (bicyclic) bond motifs is 2. The predicted molar refractivity (Wildman–Crippen MR) is 119 cm³/mol. The zero-order valence-corrected chi connectivity index (χ0v) is 15.7. The number of nitrogens with zero attached hydrogens (tertiary/aromatic N) is 1. The van der Waals surface area contributed by atoms with E-state index in [0.29, 0.717) is 10.1 Å². The third-order valence-electron chi connectivity index (χ3n) is 4.72. The summed E-state index contributed by atoms with van der Waals surface area (Å²) >= 11 is 1.37. The van der Waals surface area contributed by atoms with Gasteiger partial charge in [0.25, 0.3) is 5.91 Å². The number of amidine groups is 1. The molecule has 4 aromatic carbocycles. The lowest BCUT2D eigenvalue weighted by molar-refractivity contribution is -0.115. The molecule has 134 valence electrons. The highest BCUT2D eigenvalue weighted by atomic mass is 32.2. The van der Waals surface area contributed by atoms with E-state index < -0.39 is 0 Å². The van der Waals surface area contributed by atoms with Crippen molar-refractivity contribution < 1.29 is 4.79 Å².